The number of amides is 1. The van der Waals surface area contributed by atoms with E-state index in [0.717, 1.165) is 59.5 Å². The van der Waals surface area contributed by atoms with Gasteiger partial charge in [0.25, 0.3) is 5.91 Å². The Labute approximate surface area is 290 Å². The molecule has 0 N–H and O–H groups in total. The van der Waals surface area contributed by atoms with Crippen molar-refractivity contribution in [3.8, 4) is 12.1 Å². The van der Waals surface area contributed by atoms with Crippen molar-refractivity contribution in [2.75, 3.05) is 56.2 Å². The van der Waals surface area contributed by atoms with Gasteiger partial charge in [-0.1, -0.05) is 35.9 Å². The van der Waals surface area contributed by atoms with Gasteiger partial charge in [0.2, 0.25) is 0 Å². The van der Waals surface area contributed by atoms with E-state index >= 15 is 4.39 Å². The number of rotatable bonds is 8. The first kappa shape index (κ1) is 32.7. The van der Waals surface area contributed by atoms with Crippen LogP contribution in [0.3, 0.4) is 0 Å². The van der Waals surface area contributed by atoms with Crippen molar-refractivity contribution in [3.63, 3.8) is 0 Å². The van der Waals surface area contributed by atoms with E-state index < -0.39 is 17.8 Å². The van der Waals surface area contributed by atoms with Crippen LogP contribution in [-0.2, 0) is 17.8 Å². The van der Waals surface area contributed by atoms with E-state index in [1.54, 1.807) is 24.5 Å². The third-order valence-electron chi connectivity index (χ3n) is 9.85. The van der Waals surface area contributed by atoms with Gasteiger partial charge >= 0.3 is 6.01 Å². The van der Waals surface area contributed by atoms with Crippen molar-refractivity contribution in [2.45, 2.75) is 44.3 Å². The molecule has 2 fully saturated rings. The number of nitriles is 1. The molecule has 0 bridgehead atoms. The van der Waals surface area contributed by atoms with E-state index in [1.807, 2.05) is 18.2 Å². The summed E-state index contributed by atoms with van der Waals surface area (Å²) < 4.78 is 21.5. The molecule has 0 spiro atoms. The highest BCUT2D eigenvalue weighted by atomic mass is 35.5. The predicted octanol–water partition coefficient (Wildman–Crippen LogP) is 5.66. The summed E-state index contributed by atoms with van der Waals surface area (Å²) in [5.74, 6) is -0.850. The standard InChI is InChI=1S/C37H38ClFN8O2/c1-44-17-4-7-28(44)24-49-37-42-32-23-45(33-9-3-6-26-5-2-8-30(38)34(26)33)18-13-29(32)35(43-37)46-19-20-47(27(22-46)10-14-40)36(48)31(39)21-25-11-15-41-16-12-25/h2-3,5-6,8-9,11-12,15-16,21,27-28H,4,7,10,13,17-20,22-24H2,1H3/b31-21-. The highest BCUT2D eigenvalue weighted by molar-refractivity contribution is 6.36. The third kappa shape index (κ3) is 6.89. The predicted molar refractivity (Wildman–Crippen MR) is 188 cm³/mol. The molecule has 2 unspecified atom stereocenters. The summed E-state index contributed by atoms with van der Waals surface area (Å²) in [6, 6.07) is 17.7. The average Bonchev–Trinajstić information content (AvgIpc) is 3.54. The molecule has 7 rings (SSSR count). The van der Waals surface area contributed by atoms with E-state index in [0.29, 0.717) is 55.3 Å². The molecule has 0 radical (unpaired) electrons. The van der Waals surface area contributed by atoms with E-state index in [-0.39, 0.29) is 13.0 Å². The number of anilines is 2. The van der Waals surface area contributed by atoms with Crippen LogP contribution >= 0.6 is 11.6 Å². The molecule has 3 aliphatic heterocycles. The zero-order valence-corrected chi connectivity index (χ0v) is 28.2. The number of hydrogen-bond acceptors (Lipinski definition) is 9. The topological polar surface area (TPSA) is 102 Å². The van der Waals surface area contributed by atoms with Crippen LogP contribution in [0, 0.1) is 11.3 Å². The number of carbonyl (C=O) groups is 1. The van der Waals surface area contributed by atoms with Crippen molar-refractivity contribution in [1.82, 2.24) is 24.8 Å². The van der Waals surface area contributed by atoms with Crippen LogP contribution in [0.25, 0.3) is 16.8 Å². The average molecular weight is 681 g/mol. The smallest absolute Gasteiger partial charge is 0.318 e. The fraction of sp³-hybridized carbons (Fsp3) is 0.378. The lowest BCUT2D eigenvalue weighted by Gasteiger charge is -2.42. The molecule has 2 saturated heterocycles. The molecule has 252 valence electrons. The van der Waals surface area contributed by atoms with Gasteiger partial charge < -0.3 is 24.3 Å². The van der Waals surface area contributed by atoms with Gasteiger partial charge in [0.1, 0.15) is 12.4 Å². The summed E-state index contributed by atoms with van der Waals surface area (Å²) >= 11 is 6.72. The van der Waals surface area contributed by atoms with Gasteiger partial charge in [0.15, 0.2) is 5.83 Å². The molecule has 2 atom stereocenters. The Morgan fingerprint density at radius 1 is 1.06 bits per heavy atom. The fourth-order valence-corrected chi connectivity index (χ4v) is 7.50. The Kier molecular flexibility index (Phi) is 9.60. The van der Waals surface area contributed by atoms with Gasteiger partial charge in [0.05, 0.1) is 35.8 Å². The lowest BCUT2D eigenvalue weighted by atomic mass is 10.0. The number of aromatic nitrogens is 3. The number of nitrogens with zero attached hydrogens (tertiary/aromatic N) is 8. The monoisotopic (exact) mass is 680 g/mol. The molecule has 2 aromatic carbocycles. The summed E-state index contributed by atoms with van der Waals surface area (Å²) in [7, 11) is 2.11. The van der Waals surface area contributed by atoms with Crippen molar-refractivity contribution >= 4 is 45.9 Å². The minimum absolute atomic E-state index is 0.0606. The lowest BCUT2D eigenvalue weighted by molar-refractivity contribution is -0.131. The van der Waals surface area contributed by atoms with Gasteiger partial charge in [-0.2, -0.15) is 15.2 Å². The number of piperazine rings is 1. The fourth-order valence-electron chi connectivity index (χ4n) is 7.22. The Bertz CT molecular complexity index is 1910. The lowest BCUT2D eigenvalue weighted by Crippen LogP contribution is -2.56. The molecule has 2 aromatic heterocycles. The molecule has 49 heavy (non-hydrogen) atoms. The normalized spacial score (nSPS) is 20.0. The van der Waals surface area contributed by atoms with Crippen LogP contribution in [0.1, 0.15) is 36.1 Å². The van der Waals surface area contributed by atoms with Crippen molar-refractivity contribution < 1.29 is 13.9 Å². The second-order valence-corrected chi connectivity index (χ2v) is 13.3. The van der Waals surface area contributed by atoms with Crippen molar-refractivity contribution in [2.24, 2.45) is 0 Å². The summed E-state index contributed by atoms with van der Waals surface area (Å²) in [6.45, 7) is 3.79. The van der Waals surface area contributed by atoms with E-state index in [2.05, 4.69) is 51.0 Å². The SMILES string of the molecule is CN1CCCC1COc1nc2c(c(N3CCN(C(=O)/C(F)=C/c4ccncc4)C(CC#N)C3)n1)CCN(c1cccc3cccc(Cl)c13)C2. The van der Waals surface area contributed by atoms with Crippen LogP contribution in [0.5, 0.6) is 6.01 Å². The highest BCUT2D eigenvalue weighted by Gasteiger charge is 2.35. The Balaban J connectivity index is 1.18. The van der Waals surface area contributed by atoms with Crippen LogP contribution in [0.2, 0.25) is 5.02 Å². The van der Waals surface area contributed by atoms with Crippen molar-refractivity contribution in [3.05, 3.63) is 88.6 Å². The maximum atomic E-state index is 15.2. The molecule has 4 aromatic rings. The number of ether oxygens (including phenoxy) is 1. The van der Waals surface area contributed by atoms with Gasteiger partial charge in [-0.3, -0.25) is 9.78 Å². The quantitative estimate of drug-likeness (QED) is 0.218. The largest absolute Gasteiger partial charge is 0.462 e. The number of halogens is 2. The summed E-state index contributed by atoms with van der Waals surface area (Å²) in [4.78, 5) is 35.4. The third-order valence-corrected chi connectivity index (χ3v) is 10.2. The summed E-state index contributed by atoms with van der Waals surface area (Å²) in [5.41, 5.74) is 3.48. The molecule has 1 amide bonds. The molecule has 0 saturated carbocycles. The summed E-state index contributed by atoms with van der Waals surface area (Å²) in [5, 5.41) is 12.5. The minimum Gasteiger partial charge on any atom is -0.462 e. The maximum Gasteiger partial charge on any atom is 0.318 e. The summed E-state index contributed by atoms with van der Waals surface area (Å²) in [6.07, 6.45) is 7.23. The second kappa shape index (κ2) is 14.4. The number of fused-ring (bicyclic) bond motifs is 2. The first-order chi connectivity index (χ1) is 23.9. The molecular formula is C37H38ClFN8O2. The van der Waals surface area contributed by atoms with E-state index in [9.17, 15) is 10.1 Å². The van der Waals surface area contributed by atoms with Gasteiger partial charge in [-0.15, -0.1) is 0 Å². The maximum absolute atomic E-state index is 15.2. The Morgan fingerprint density at radius 2 is 1.88 bits per heavy atom. The van der Waals surface area contributed by atoms with Crippen molar-refractivity contribution in [1.29, 1.82) is 5.26 Å². The molecular weight excluding hydrogens is 643 g/mol. The highest BCUT2D eigenvalue weighted by Crippen LogP contribution is 2.37. The second-order valence-electron chi connectivity index (χ2n) is 12.9. The minimum atomic E-state index is -0.872. The number of pyridine rings is 1. The molecule has 0 aliphatic carbocycles. The van der Waals surface area contributed by atoms with Crippen LogP contribution in [0.15, 0.2) is 66.8 Å². The van der Waals surface area contributed by atoms with E-state index in [1.165, 1.54) is 11.0 Å². The van der Waals surface area contributed by atoms with E-state index in [4.69, 9.17) is 26.3 Å². The zero-order valence-electron chi connectivity index (χ0n) is 27.4. The number of carbonyl (C=O) groups excluding carboxylic acids is 1. The number of hydrogen-bond donors (Lipinski definition) is 0. The first-order valence-corrected chi connectivity index (χ1v) is 17.1. The van der Waals surface area contributed by atoms with Gasteiger partial charge in [0, 0.05) is 61.3 Å². The number of benzene rings is 2. The molecule has 5 heterocycles. The number of likely N-dealkylation sites (tertiary alicyclic amines) is 1. The van der Waals surface area contributed by atoms with Gasteiger partial charge in [-0.25, -0.2) is 4.39 Å². The first-order valence-electron chi connectivity index (χ1n) is 16.7. The van der Waals surface area contributed by atoms with Gasteiger partial charge in [-0.05, 0) is 74.1 Å². The van der Waals surface area contributed by atoms with Crippen LogP contribution in [-0.4, -0.2) is 89.1 Å². The van der Waals surface area contributed by atoms with Crippen LogP contribution < -0.4 is 14.5 Å². The zero-order chi connectivity index (χ0) is 33.9. The Hall–Kier alpha value is -4.79. The van der Waals surface area contributed by atoms with Crippen LogP contribution in [0.4, 0.5) is 15.9 Å². The number of likely N-dealkylation sites (N-methyl/N-ethyl adjacent to an activating group) is 1. The molecule has 12 heteroatoms. The molecule has 3 aliphatic rings. The Morgan fingerprint density at radius 3 is 2.65 bits per heavy atom. The molecule has 10 nitrogen and oxygen atoms in total.